The fourth-order valence-electron chi connectivity index (χ4n) is 4.36. The van der Waals surface area contributed by atoms with Gasteiger partial charge in [-0.25, -0.2) is 19.6 Å². The molecule has 1 amide bonds. The zero-order valence-corrected chi connectivity index (χ0v) is 20.3. The average Bonchev–Trinajstić information content (AvgIpc) is 3.08. The summed E-state index contributed by atoms with van der Waals surface area (Å²) >= 11 is 0. The highest BCUT2D eigenvalue weighted by atomic mass is 16.6. The summed E-state index contributed by atoms with van der Waals surface area (Å²) in [5, 5.41) is 9.13. The van der Waals surface area contributed by atoms with E-state index in [2.05, 4.69) is 14.9 Å². The van der Waals surface area contributed by atoms with E-state index in [0.717, 1.165) is 47.7 Å². The minimum atomic E-state index is -1.13. The minimum absolute atomic E-state index is 0.0870. The van der Waals surface area contributed by atoms with Gasteiger partial charge < -0.3 is 19.5 Å². The summed E-state index contributed by atoms with van der Waals surface area (Å²) in [5.41, 5.74) is 3.50. The summed E-state index contributed by atoms with van der Waals surface area (Å²) in [6.07, 6.45) is 3.24. The van der Waals surface area contributed by atoms with Crippen molar-refractivity contribution in [2.24, 2.45) is 0 Å². The zero-order chi connectivity index (χ0) is 25.4. The minimum Gasteiger partial charge on any atom is -0.496 e. The molecule has 1 N–H and O–H groups in total. The van der Waals surface area contributed by atoms with Gasteiger partial charge in [0.05, 0.1) is 43.5 Å². The van der Waals surface area contributed by atoms with Crippen molar-refractivity contribution in [1.82, 2.24) is 19.9 Å². The van der Waals surface area contributed by atoms with Crippen LogP contribution in [-0.4, -0.2) is 69.4 Å². The van der Waals surface area contributed by atoms with Crippen LogP contribution < -0.4 is 9.64 Å². The molecule has 10 nitrogen and oxygen atoms in total. The number of anilines is 1. The molecule has 2 aromatic heterocycles. The quantitative estimate of drug-likeness (QED) is 0.528. The predicted octanol–water partition coefficient (Wildman–Crippen LogP) is 3.85. The first kappa shape index (κ1) is 23.5. The monoisotopic (exact) mass is 489 g/mol. The van der Waals surface area contributed by atoms with Crippen LogP contribution in [0.1, 0.15) is 36.5 Å². The van der Waals surface area contributed by atoms with E-state index in [4.69, 9.17) is 19.6 Å². The van der Waals surface area contributed by atoms with Crippen LogP contribution in [-0.2, 0) is 11.3 Å². The Hall–Kier alpha value is -4.21. The molecule has 10 heteroatoms. The SMILES string of the molecule is COc1ccc(-c2cnc(C(=O)O)cn2)cc1-c1ccc(N2CCC2)nc1CN1C(=O)OC(C)C1C. The molecular weight excluding hydrogens is 462 g/mol. The molecule has 4 heterocycles. The number of ether oxygens (including phenoxy) is 2. The van der Waals surface area contributed by atoms with Crippen LogP contribution in [0, 0.1) is 0 Å². The Labute approximate surface area is 208 Å². The highest BCUT2D eigenvalue weighted by Gasteiger charge is 2.36. The molecule has 36 heavy (non-hydrogen) atoms. The highest BCUT2D eigenvalue weighted by Crippen LogP contribution is 2.37. The van der Waals surface area contributed by atoms with Crippen molar-refractivity contribution in [3.05, 3.63) is 54.1 Å². The van der Waals surface area contributed by atoms with Gasteiger partial charge >= 0.3 is 12.1 Å². The summed E-state index contributed by atoms with van der Waals surface area (Å²) in [4.78, 5) is 40.8. The summed E-state index contributed by atoms with van der Waals surface area (Å²) < 4.78 is 11.1. The lowest BCUT2D eigenvalue weighted by Gasteiger charge is -2.33. The smallest absolute Gasteiger partial charge is 0.410 e. The predicted molar refractivity (Wildman–Crippen MR) is 132 cm³/mol. The first-order chi connectivity index (χ1) is 17.4. The van der Waals surface area contributed by atoms with Gasteiger partial charge in [0.15, 0.2) is 5.69 Å². The molecule has 2 saturated heterocycles. The molecule has 0 spiro atoms. The Balaban J connectivity index is 1.58. The van der Waals surface area contributed by atoms with E-state index in [1.807, 2.05) is 44.2 Å². The summed E-state index contributed by atoms with van der Waals surface area (Å²) in [6.45, 7) is 6.05. The molecule has 2 fully saturated rings. The maximum absolute atomic E-state index is 12.6. The third-order valence-corrected chi connectivity index (χ3v) is 6.81. The molecular formula is C26H27N5O5. The second-order valence-electron chi connectivity index (χ2n) is 8.97. The number of nitrogens with zero attached hydrogens (tertiary/aromatic N) is 5. The van der Waals surface area contributed by atoms with E-state index in [1.165, 1.54) is 12.4 Å². The van der Waals surface area contributed by atoms with E-state index < -0.39 is 5.97 Å². The van der Waals surface area contributed by atoms with Gasteiger partial charge in [0, 0.05) is 29.8 Å². The van der Waals surface area contributed by atoms with Crippen LogP contribution in [0.5, 0.6) is 5.75 Å². The summed E-state index contributed by atoms with van der Waals surface area (Å²) in [7, 11) is 1.60. The largest absolute Gasteiger partial charge is 0.496 e. The first-order valence-electron chi connectivity index (χ1n) is 11.8. The van der Waals surface area contributed by atoms with Gasteiger partial charge in [-0.3, -0.25) is 9.88 Å². The van der Waals surface area contributed by atoms with E-state index >= 15 is 0 Å². The lowest BCUT2D eigenvalue weighted by atomic mass is 9.98. The number of carboxylic acids is 1. The fraction of sp³-hybridized carbons (Fsp3) is 0.346. The third-order valence-electron chi connectivity index (χ3n) is 6.81. The number of carbonyl (C=O) groups excluding carboxylic acids is 1. The lowest BCUT2D eigenvalue weighted by molar-refractivity contribution is 0.0690. The molecule has 3 aromatic rings. The van der Waals surface area contributed by atoms with Crippen molar-refractivity contribution in [1.29, 1.82) is 0 Å². The Kier molecular flexibility index (Phi) is 6.17. The standard InChI is InChI=1S/C26H27N5O5/c1-15-16(2)36-26(34)31(15)14-22-18(6-8-24(29-22)30-9-4-10-30)19-11-17(5-7-23(19)35-3)20-12-28-21(13-27-20)25(32)33/h5-8,11-13,15-16H,4,9-10,14H2,1-3H3,(H,32,33). The molecule has 2 aliphatic rings. The van der Waals surface area contributed by atoms with Crippen molar-refractivity contribution >= 4 is 17.9 Å². The molecule has 0 aliphatic carbocycles. The number of aromatic carboxylic acids is 1. The number of hydrogen-bond acceptors (Lipinski definition) is 8. The molecule has 186 valence electrons. The third kappa shape index (κ3) is 4.30. The van der Waals surface area contributed by atoms with Gasteiger partial charge in [0.25, 0.3) is 0 Å². The lowest BCUT2D eigenvalue weighted by Crippen LogP contribution is -2.38. The number of benzene rings is 1. The topological polar surface area (TPSA) is 118 Å². The number of amides is 1. The normalized spacial score (nSPS) is 19.1. The molecule has 2 atom stereocenters. The Morgan fingerprint density at radius 2 is 1.94 bits per heavy atom. The number of carboxylic acid groups (broad SMARTS) is 1. The second-order valence-corrected chi connectivity index (χ2v) is 8.97. The number of rotatable bonds is 7. The fourth-order valence-corrected chi connectivity index (χ4v) is 4.36. The van der Waals surface area contributed by atoms with Crippen LogP contribution in [0.4, 0.5) is 10.6 Å². The summed E-state index contributed by atoms with van der Waals surface area (Å²) in [5.74, 6) is 0.379. The van der Waals surface area contributed by atoms with Crippen molar-refractivity contribution in [3.8, 4) is 28.1 Å². The Morgan fingerprint density at radius 3 is 2.53 bits per heavy atom. The highest BCUT2D eigenvalue weighted by molar-refractivity contribution is 5.85. The van der Waals surface area contributed by atoms with Crippen LogP contribution >= 0.6 is 0 Å². The Bertz CT molecular complexity index is 1310. The molecule has 0 bridgehead atoms. The second kappa shape index (κ2) is 9.44. The van der Waals surface area contributed by atoms with Crippen molar-refractivity contribution in [2.75, 3.05) is 25.1 Å². The number of pyridine rings is 1. The number of aromatic nitrogens is 3. The van der Waals surface area contributed by atoms with Crippen LogP contribution in [0.25, 0.3) is 22.4 Å². The van der Waals surface area contributed by atoms with E-state index in [0.29, 0.717) is 18.0 Å². The van der Waals surface area contributed by atoms with Gasteiger partial charge in [-0.1, -0.05) is 0 Å². The van der Waals surface area contributed by atoms with Gasteiger partial charge in [0.1, 0.15) is 17.7 Å². The van der Waals surface area contributed by atoms with Gasteiger partial charge in [-0.15, -0.1) is 0 Å². The number of cyclic esters (lactones) is 1. The van der Waals surface area contributed by atoms with E-state index in [9.17, 15) is 9.59 Å². The molecule has 0 saturated carbocycles. The molecule has 2 aliphatic heterocycles. The first-order valence-corrected chi connectivity index (χ1v) is 11.8. The van der Waals surface area contributed by atoms with E-state index in [-0.39, 0.29) is 23.9 Å². The van der Waals surface area contributed by atoms with Crippen molar-refractivity contribution < 1.29 is 24.2 Å². The molecule has 5 rings (SSSR count). The number of hydrogen-bond donors (Lipinski definition) is 1. The van der Waals surface area contributed by atoms with Gasteiger partial charge in [-0.2, -0.15) is 0 Å². The number of carbonyl (C=O) groups is 2. The zero-order valence-electron chi connectivity index (χ0n) is 20.3. The average molecular weight is 490 g/mol. The maximum Gasteiger partial charge on any atom is 0.410 e. The van der Waals surface area contributed by atoms with Crippen molar-refractivity contribution in [2.45, 2.75) is 39.0 Å². The van der Waals surface area contributed by atoms with E-state index in [1.54, 1.807) is 12.0 Å². The van der Waals surface area contributed by atoms with Crippen LogP contribution in [0.2, 0.25) is 0 Å². The van der Waals surface area contributed by atoms with Gasteiger partial charge in [-0.05, 0) is 50.6 Å². The van der Waals surface area contributed by atoms with Crippen LogP contribution in [0.3, 0.4) is 0 Å². The van der Waals surface area contributed by atoms with Crippen LogP contribution in [0.15, 0.2) is 42.7 Å². The molecule has 2 unspecified atom stereocenters. The summed E-state index contributed by atoms with van der Waals surface area (Å²) in [6, 6.07) is 9.50. The maximum atomic E-state index is 12.6. The molecule has 0 radical (unpaired) electrons. The molecule has 1 aromatic carbocycles. The number of methoxy groups -OCH3 is 1. The van der Waals surface area contributed by atoms with Gasteiger partial charge in [0.2, 0.25) is 0 Å². The Morgan fingerprint density at radius 1 is 1.14 bits per heavy atom. The van der Waals surface area contributed by atoms with Crippen molar-refractivity contribution in [3.63, 3.8) is 0 Å².